The van der Waals surface area contributed by atoms with Gasteiger partial charge in [0.15, 0.2) is 0 Å². The van der Waals surface area contributed by atoms with Crippen LogP contribution in [0.1, 0.15) is 32.6 Å². The normalized spacial score (nSPS) is 41.7. The molecule has 4 atom stereocenters. The Morgan fingerprint density at radius 3 is 2.54 bits per heavy atom. The van der Waals surface area contributed by atoms with Crippen LogP contribution in [0.2, 0.25) is 0 Å². The lowest BCUT2D eigenvalue weighted by atomic mass is 9.79. The van der Waals surface area contributed by atoms with E-state index >= 15 is 0 Å². The lowest BCUT2D eigenvalue weighted by molar-refractivity contribution is 0.232. The minimum Gasteiger partial charge on any atom is -0.396 e. The van der Waals surface area contributed by atoms with Gasteiger partial charge in [-0.25, -0.2) is 0 Å². The SMILES string of the molecule is CCC1C2C=CC(C2)C1CCCO. The van der Waals surface area contributed by atoms with Crippen molar-refractivity contribution in [3.63, 3.8) is 0 Å². The molecule has 1 saturated carbocycles. The van der Waals surface area contributed by atoms with E-state index in [0.717, 1.165) is 30.1 Å². The number of aliphatic hydroxyl groups is 1. The molecular weight excluding hydrogens is 160 g/mol. The van der Waals surface area contributed by atoms with E-state index in [2.05, 4.69) is 19.1 Å². The number of aliphatic hydroxyl groups excluding tert-OH is 1. The van der Waals surface area contributed by atoms with Crippen LogP contribution in [0.15, 0.2) is 12.2 Å². The number of fused-ring (bicyclic) bond motifs is 2. The highest BCUT2D eigenvalue weighted by Crippen LogP contribution is 2.50. The van der Waals surface area contributed by atoms with E-state index in [1.807, 2.05) is 0 Å². The molecule has 4 unspecified atom stereocenters. The molecule has 0 aromatic carbocycles. The first kappa shape index (κ1) is 9.26. The molecule has 0 spiro atoms. The third-order valence-electron chi connectivity index (χ3n) is 3.97. The molecule has 1 fully saturated rings. The second-order valence-electron chi connectivity index (χ2n) is 4.55. The van der Waals surface area contributed by atoms with E-state index in [9.17, 15) is 0 Å². The maximum Gasteiger partial charge on any atom is 0.0431 e. The Labute approximate surface area is 80.8 Å². The second-order valence-corrected chi connectivity index (χ2v) is 4.55. The summed E-state index contributed by atoms with van der Waals surface area (Å²) in [5.74, 6) is 3.52. The molecule has 0 saturated heterocycles. The van der Waals surface area contributed by atoms with E-state index in [1.165, 1.54) is 19.3 Å². The van der Waals surface area contributed by atoms with Crippen molar-refractivity contribution in [2.24, 2.45) is 23.7 Å². The van der Waals surface area contributed by atoms with Crippen LogP contribution in [0.5, 0.6) is 0 Å². The summed E-state index contributed by atoms with van der Waals surface area (Å²) < 4.78 is 0. The van der Waals surface area contributed by atoms with Crippen molar-refractivity contribution in [3.05, 3.63) is 12.2 Å². The molecular formula is C12H20O. The highest BCUT2D eigenvalue weighted by atomic mass is 16.2. The summed E-state index contributed by atoms with van der Waals surface area (Å²) in [5, 5.41) is 8.84. The van der Waals surface area contributed by atoms with E-state index in [-0.39, 0.29) is 0 Å². The maximum atomic E-state index is 8.84. The van der Waals surface area contributed by atoms with Crippen molar-refractivity contribution >= 4 is 0 Å². The van der Waals surface area contributed by atoms with Crippen molar-refractivity contribution in [1.29, 1.82) is 0 Å². The van der Waals surface area contributed by atoms with Gasteiger partial charge in [-0.15, -0.1) is 0 Å². The van der Waals surface area contributed by atoms with Gasteiger partial charge in [0, 0.05) is 6.61 Å². The monoisotopic (exact) mass is 180 g/mol. The average Bonchev–Trinajstić information content (AvgIpc) is 2.73. The van der Waals surface area contributed by atoms with Crippen molar-refractivity contribution in [2.45, 2.75) is 32.6 Å². The van der Waals surface area contributed by atoms with Gasteiger partial charge in [0.05, 0.1) is 0 Å². The van der Waals surface area contributed by atoms with Crippen LogP contribution in [-0.4, -0.2) is 11.7 Å². The minimum absolute atomic E-state index is 0.369. The molecule has 0 amide bonds. The molecule has 0 aliphatic heterocycles. The molecule has 2 aliphatic rings. The Morgan fingerprint density at radius 1 is 1.23 bits per heavy atom. The third-order valence-corrected chi connectivity index (χ3v) is 3.97. The molecule has 2 aliphatic carbocycles. The van der Waals surface area contributed by atoms with Crippen LogP contribution in [0.3, 0.4) is 0 Å². The number of rotatable bonds is 4. The summed E-state index contributed by atoms with van der Waals surface area (Å²) in [6.45, 7) is 2.68. The van der Waals surface area contributed by atoms with Crippen LogP contribution >= 0.6 is 0 Å². The Balaban J connectivity index is 1.97. The fourth-order valence-corrected chi connectivity index (χ4v) is 3.39. The topological polar surface area (TPSA) is 20.2 Å². The van der Waals surface area contributed by atoms with Gasteiger partial charge in [0.1, 0.15) is 0 Å². The van der Waals surface area contributed by atoms with Crippen molar-refractivity contribution in [1.82, 2.24) is 0 Å². The van der Waals surface area contributed by atoms with E-state index in [0.29, 0.717) is 6.61 Å². The van der Waals surface area contributed by atoms with Crippen LogP contribution < -0.4 is 0 Å². The van der Waals surface area contributed by atoms with Gasteiger partial charge in [-0.05, 0) is 42.9 Å². The predicted molar refractivity (Wildman–Crippen MR) is 54.3 cm³/mol. The first-order valence-electron chi connectivity index (χ1n) is 5.66. The first-order valence-corrected chi connectivity index (χ1v) is 5.66. The van der Waals surface area contributed by atoms with Gasteiger partial charge < -0.3 is 5.11 Å². The number of allylic oxidation sites excluding steroid dienone is 2. The predicted octanol–water partition coefficient (Wildman–Crippen LogP) is 2.61. The summed E-state index contributed by atoms with van der Waals surface area (Å²) in [5.41, 5.74) is 0. The Bertz CT molecular complexity index is 197. The van der Waals surface area contributed by atoms with E-state index in [4.69, 9.17) is 5.11 Å². The Morgan fingerprint density at radius 2 is 1.92 bits per heavy atom. The van der Waals surface area contributed by atoms with Gasteiger partial charge in [-0.2, -0.15) is 0 Å². The van der Waals surface area contributed by atoms with Crippen LogP contribution in [0.4, 0.5) is 0 Å². The van der Waals surface area contributed by atoms with Gasteiger partial charge in [0.25, 0.3) is 0 Å². The Kier molecular flexibility index (Phi) is 2.73. The largest absolute Gasteiger partial charge is 0.396 e. The summed E-state index contributed by atoms with van der Waals surface area (Å²) in [6, 6.07) is 0. The maximum absolute atomic E-state index is 8.84. The summed E-state index contributed by atoms with van der Waals surface area (Å²) in [4.78, 5) is 0. The van der Waals surface area contributed by atoms with Gasteiger partial charge >= 0.3 is 0 Å². The van der Waals surface area contributed by atoms with Crippen molar-refractivity contribution in [3.8, 4) is 0 Å². The van der Waals surface area contributed by atoms with Crippen LogP contribution in [0.25, 0.3) is 0 Å². The standard InChI is InChI=1S/C12H20O/c1-2-11-9-5-6-10(8-9)12(11)4-3-7-13/h5-6,9-13H,2-4,7-8H2,1H3. The smallest absolute Gasteiger partial charge is 0.0431 e. The zero-order chi connectivity index (χ0) is 9.26. The molecule has 1 nitrogen and oxygen atoms in total. The lowest BCUT2D eigenvalue weighted by Gasteiger charge is -2.26. The number of hydrogen-bond donors (Lipinski definition) is 1. The van der Waals surface area contributed by atoms with Gasteiger partial charge in [-0.1, -0.05) is 25.5 Å². The molecule has 1 heteroatoms. The Hall–Kier alpha value is -0.300. The van der Waals surface area contributed by atoms with Crippen molar-refractivity contribution < 1.29 is 5.11 Å². The average molecular weight is 180 g/mol. The highest BCUT2D eigenvalue weighted by Gasteiger charge is 2.42. The molecule has 1 N–H and O–H groups in total. The first-order chi connectivity index (χ1) is 6.36. The van der Waals surface area contributed by atoms with E-state index in [1.54, 1.807) is 0 Å². The van der Waals surface area contributed by atoms with Crippen molar-refractivity contribution in [2.75, 3.05) is 6.61 Å². The summed E-state index contributed by atoms with van der Waals surface area (Å²) >= 11 is 0. The molecule has 2 bridgehead atoms. The molecule has 0 radical (unpaired) electrons. The molecule has 13 heavy (non-hydrogen) atoms. The molecule has 74 valence electrons. The molecule has 0 aromatic rings. The fraction of sp³-hybridized carbons (Fsp3) is 0.833. The van der Waals surface area contributed by atoms with Gasteiger partial charge in [0.2, 0.25) is 0 Å². The molecule has 0 aromatic heterocycles. The highest BCUT2D eigenvalue weighted by molar-refractivity contribution is 5.13. The summed E-state index contributed by atoms with van der Waals surface area (Å²) in [7, 11) is 0. The zero-order valence-corrected chi connectivity index (χ0v) is 8.45. The van der Waals surface area contributed by atoms with Gasteiger partial charge in [-0.3, -0.25) is 0 Å². The molecule has 2 rings (SSSR count). The fourth-order valence-electron chi connectivity index (χ4n) is 3.39. The van der Waals surface area contributed by atoms with E-state index < -0.39 is 0 Å². The second kappa shape index (κ2) is 3.83. The summed E-state index contributed by atoms with van der Waals surface area (Å²) in [6.07, 6.45) is 9.79. The minimum atomic E-state index is 0.369. The zero-order valence-electron chi connectivity index (χ0n) is 8.45. The third kappa shape index (κ3) is 1.54. The molecule has 0 heterocycles. The quantitative estimate of drug-likeness (QED) is 0.659. The lowest BCUT2D eigenvalue weighted by Crippen LogP contribution is -2.19. The van der Waals surface area contributed by atoms with Crippen LogP contribution in [-0.2, 0) is 0 Å². The van der Waals surface area contributed by atoms with Crippen LogP contribution in [0, 0.1) is 23.7 Å². The number of hydrogen-bond acceptors (Lipinski definition) is 1.